The van der Waals surface area contributed by atoms with E-state index in [2.05, 4.69) is 15.5 Å². The van der Waals surface area contributed by atoms with Gasteiger partial charge in [0.2, 0.25) is 0 Å². The van der Waals surface area contributed by atoms with Gasteiger partial charge in [-0.1, -0.05) is 25.4 Å². The Labute approximate surface area is 292 Å². The monoisotopic (exact) mass is 698 g/mol. The first-order valence-electron chi connectivity index (χ1n) is 16.1. The van der Waals surface area contributed by atoms with Gasteiger partial charge in [-0.3, -0.25) is 4.79 Å². The Morgan fingerprint density at radius 2 is 1.59 bits per heavy atom. The van der Waals surface area contributed by atoms with Gasteiger partial charge in [0.05, 0.1) is 30.7 Å². The van der Waals surface area contributed by atoms with Gasteiger partial charge in [0, 0.05) is 52.5 Å². The molecular formula is C36H35ClN6O5S. The molecule has 2 aliphatic heterocycles. The number of rotatable bonds is 6. The van der Waals surface area contributed by atoms with Crippen molar-refractivity contribution in [1.29, 1.82) is 0 Å². The van der Waals surface area contributed by atoms with E-state index in [-0.39, 0.29) is 34.9 Å². The maximum Gasteiger partial charge on any atom is 0.323 e. The SMILES string of the molecule is CC(C)c1cc(C(=O)N2CCc3c(sc4nc(-c5ccc(NC(=O)Nc6ccc(Cl)cc6)cc5)nc(N5CCOCC5)c34)C2)c(O)cc1O. The third-order valence-corrected chi connectivity index (χ3v) is 10.1. The van der Waals surface area contributed by atoms with Crippen LogP contribution < -0.4 is 15.5 Å². The molecule has 252 valence electrons. The van der Waals surface area contributed by atoms with Crippen LogP contribution in [0.2, 0.25) is 5.02 Å². The number of halogens is 1. The Morgan fingerprint density at radius 3 is 2.27 bits per heavy atom. The van der Waals surface area contributed by atoms with Gasteiger partial charge < -0.3 is 35.4 Å². The number of phenolic OH excluding ortho intramolecular Hbond substituents is 2. The average molecular weight is 699 g/mol. The summed E-state index contributed by atoms with van der Waals surface area (Å²) in [5.74, 6) is 0.864. The van der Waals surface area contributed by atoms with Crippen molar-refractivity contribution in [2.45, 2.75) is 32.7 Å². The minimum Gasteiger partial charge on any atom is -0.508 e. The molecule has 7 rings (SSSR count). The predicted molar refractivity (Wildman–Crippen MR) is 192 cm³/mol. The van der Waals surface area contributed by atoms with Crippen LogP contribution in [0.25, 0.3) is 21.6 Å². The highest BCUT2D eigenvalue weighted by molar-refractivity contribution is 7.19. The molecule has 4 N–H and O–H groups in total. The third kappa shape index (κ3) is 6.71. The van der Waals surface area contributed by atoms with Crippen LogP contribution in [0.3, 0.4) is 0 Å². The van der Waals surface area contributed by atoms with E-state index in [9.17, 15) is 19.8 Å². The molecule has 0 saturated carbocycles. The third-order valence-electron chi connectivity index (χ3n) is 8.78. The first kappa shape index (κ1) is 32.6. The zero-order valence-electron chi connectivity index (χ0n) is 27.0. The zero-order valence-corrected chi connectivity index (χ0v) is 28.6. The molecule has 49 heavy (non-hydrogen) atoms. The smallest absolute Gasteiger partial charge is 0.323 e. The molecule has 1 saturated heterocycles. The maximum absolute atomic E-state index is 13.7. The van der Waals surface area contributed by atoms with E-state index in [1.165, 1.54) is 6.07 Å². The number of thiophene rings is 1. The van der Waals surface area contributed by atoms with Gasteiger partial charge in [-0.15, -0.1) is 11.3 Å². The number of fused-ring (bicyclic) bond motifs is 3. The van der Waals surface area contributed by atoms with E-state index >= 15 is 0 Å². The number of aromatic hydroxyl groups is 2. The lowest BCUT2D eigenvalue weighted by molar-refractivity contribution is 0.0734. The molecule has 3 aromatic carbocycles. The second-order valence-electron chi connectivity index (χ2n) is 12.4. The summed E-state index contributed by atoms with van der Waals surface area (Å²) < 4.78 is 5.64. The summed E-state index contributed by atoms with van der Waals surface area (Å²) in [6.07, 6.45) is 0.620. The van der Waals surface area contributed by atoms with Crippen LogP contribution in [0.5, 0.6) is 11.5 Å². The van der Waals surface area contributed by atoms with Crippen LogP contribution in [0.1, 0.15) is 46.1 Å². The topological polar surface area (TPSA) is 140 Å². The van der Waals surface area contributed by atoms with Crippen molar-refractivity contribution >= 4 is 62.3 Å². The van der Waals surface area contributed by atoms with Crippen LogP contribution in [0, 0.1) is 0 Å². The highest BCUT2D eigenvalue weighted by Crippen LogP contribution is 2.41. The standard InChI is InChI=1S/C36H35ClN6O5S/c1-20(2)26-17-27(29(45)18-28(26)44)35(46)43-12-11-25-30(19-43)49-34-31(25)33(42-13-15-48-16-14-42)40-32(41-34)21-3-7-23(8-4-21)38-36(47)39-24-9-5-22(37)6-10-24/h3-10,17-18,20,44-45H,11-16,19H2,1-2H3,(H2,38,39,47). The van der Waals surface area contributed by atoms with E-state index in [1.807, 2.05) is 38.1 Å². The normalized spacial score (nSPS) is 14.6. The number of aromatic nitrogens is 2. The molecule has 13 heteroatoms. The lowest BCUT2D eigenvalue weighted by Crippen LogP contribution is -2.37. The summed E-state index contributed by atoms with van der Waals surface area (Å²) in [5, 5.41) is 28.1. The van der Waals surface area contributed by atoms with Crippen molar-refractivity contribution in [3.05, 3.63) is 87.3 Å². The van der Waals surface area contributed by atoms with Gasteiger partial charge in [0.15, 0.2) is 5.82 Å². The highest BCUT2D eigenvalue weighted by atomic mass is 35.5. The van der Waals surface area contributed by atoms with Gasteiger partial charge in [-0.25, -0.2) is 14.8 Å². The number of amides is 3. The van der Waals surface area contributed by atoms with Gasteiger partial charge in [-0.05, 0) is 78.1 Å². The fourth-order valence-electron chi connectivity index (χ4n) is 6.21. The van der Waals surface area contributed by atoms with Crippen LogP contribution in [-0.4, -0.2) is 69.9 Å². The van der Waals surface area contributed by atoms with Gasteiger partial charge in [0.1, 0.15) is 22.1 Å². The molecule has 0 spiro atoms. The van der Waals surface area contributed by atoms with Gasteiger partial charge >= 0.3 is 6.03 Å². The molecule has 4 heterocycles. The van der Waals surface area contributed by atoms with E-state index in [1.54, 1.807) is 46.6 Å². The Balaban J connectivity index is 1.17. The largest absolute Gasteiger partial charge is 0.508 e. The number of nitrogens with one attached hydrogen (secondary N) is 2. The second-order valence-corrected chi connectivity index (χ2v) is 13.9. The Hall–Kier alpha value is -4.91. The van der Waals surface area contributed by atoms with Crippen molar-refractivity contribution < 1.29 is 24.5 Å². The molecule has 0 unspecified atom stereocenters. The number of hydrogen-bond acceptors (Lipinski definition) is 9. The average Bonchev–Trinajstić information content (AvgIpc) is 3.47. The Kier molecular flexibility index (Phi) is 9.01. The molecule has 5 aromatic rings. The Bertz CT molecular complexity index is 2040. The van der Waals surface area contributed by atoms with Gasteiger partial charge in [0.25, 0.3) is 5.91 Å². The zero-order chi connectivity index (χ0) is 34.2. The Morgan fingerprint density at radius 1 is 0.918 bits per heavy atom. The van der Waals surface area contributed by atoms with E-state index in [0.717, 1.165) is 32.0 Å². The minimum absolute atomic E-state index is 0.0128. The predicted octanol–water partition coefficient (Wildman–Crippen LogP) is 7.23. The quantitative estimate of drug-likeness (QED) is 0.146. The molecule has 2 aliphatic rings. The summed E-state index contributed by atoms with van der Waals surface area (Å²) in [7, 11) is 0. The lowest BCUT2D eigenvalue weighted by Gasteiger charge is -2.30. The lowest BCUT2D eigenvalue weighted by atomic mass is 9.97. The van der Waals surface area contributed by atoms with Crippen LogP contribution in [0.4, 0.5) is 22.0 Å². The number of morpholine rings is 1. The minimum atomic E-state index is -0.375. The number of ether oxygens (including phenoxy) is 1. The number of benzene rings is 3. The number of phenols is 2. The molecule has 1 fully saturated rings. The van der Waals surface area contributed by atoms with Crippen molar-refractivity contribution in [3.8, 4) is 22.9 Å². The summed E-state index contributed by atoms with van der Waals surface area (Å²) >= 11 is 7.49. The van der Waals surface area contributed by atoms with Crippen molar-refractivity contribution in [2.24, 2.45) is 0 Å². The number of hydrogen-bond donors (Lipinski definition) is 4. The molecule has 11 nitrogen and oxygen atoms in total. The van der Waals surface area contributed by atoms with E-state index < -0.39 is 0 Å². The number of nitrogens with zero attached hydrogens (tertiary/aromatic N) is 4. The fraction of sp³-hybridized carbons (Fsp3) is 0.278. The summed E-state index contributed by atoms with van der Waals surface area (Å²) in [6.45, 7) is 7.31. The summed E-state index contributed by atoms with van der Waals surface area (Å²) in [4.78, 5) is 42.2. The molecular weight excluding hydrogens is 664 g/mol. The van der Waals surface area contributed by atoms with E-state index in [0.29, 0.717) is 73.6 Å². The van der Waals surface area contributed by atoms with Crippen LogP contribution in [-0.2, 0) is 17.7 Å². The van der Waals surface area contributed by atoms with Gasteiger partial charge in [-0.2, -0.15) is 0 Å². The molecule has 0 radical (unpaired) electrons. The highest BCUT2D eigenvalue weighted by Gasteiger charge is 2.31. The van der Waals surface area contributed by atoms with E-state index in [4.69, 9.17) is 26.3 Å². The summed E-state index contributed by atoms with van der Waals surface area (Å²) in [6, 6.07) is 16.7. The van der Waals surface area contributed by atoms with Crippen LogP contribution in [0.15, 0.2) is 60.7 Å². The van der Waals surface area contributed by atoms with Crippen molar-refractivity contribution in [3.63, 3.8) is 0 Å². The number of carbonyl (C=O) groups is 2. The number of anilines is 3. The van der Waals surface area contributed by atoms with Crippen LogP contribution >= 0.6 is 22.9 Å². The molecule has 2 aromatic heterocycles. The maximum atomic E-state index is 13.7. The molecule has 0 bridgehead atoms. The second kappa shape index (κ2) is 13.5. The molecule has 0 aliphatic carbocycles. The molecule has 3 amide bonds. The first-order chi connectivity index (χ1) is 23.6. The van der Waals surface area contributed by atoms with Crippen molar-refractivity contribution in [2.75, 3.05) is 48.4 Å². The van der Waals surface area contributed by atoms with Crippen molar-refractivity contribution in [1.82, 2.24) is 14.9 Å². The fourth-order valence-corrected chi connectivity index (χ4v) is 7.57. The number of urea groups is 1. The number of carbonyl (C=O) groups excluding carboxylic acids is 2. The molecule has 0 atom stereocenters. The summed E-state index contributed by atoms with van der Waals surface area (Å²) in [5.41, 5.74) is 3.97. The first-order valence-corrected chi connectivity index (χ1v) is 17.3.